The third-order valence-corrected chi connectivity index (χ3v) is 4.84. The third-order valence-electron chi connectivity index (χ3n) is 4.84. The first-order valence-corrected chi connectivity index (χ1v) is 9.67. The fraction of sp³-hybridized carbons (Fsp3) is 0.429. The Morgan fingerprint density at radius 2 is 1.97 bits per heavy atom. The summed E-state index contributed by atoms with van der Waals surface area (Å²) in [6, 6.07) is 7.37. The van der Waals surface area contributed by atoms with Crippen molar-refractivity contribution in [3.05, 3.63) is 51.2 Å². The Labute approximate surface area is 173 Å². The van der Waals surface area contributed by atoms with Gasteiger partial charge in [0, 0.05) is 23.8 Å². The van der Waals surface area contributed by atoms with Crippen molar-refractivity contribution in [3.63, 3.8) is 0 Å². The Balaban J connectivity index is 2.66. The Hall–Kier alpha value is -3.54. The van der Waals surface area contributed by atoms with Crippen LogP contribution in [0.25, 0.3) is 0 Å². The highest BCUT2D eigenvalue weighted by atomic mass is 16.6. The molecular formula is C21H23N3O6. The molecule has 2 atom stereocenters. The van der Waals surface area contributed by atoms with Gasteiger partial charge in [0.25, 0.3) is 5.69 Å². The zero-order valence-corrected chi connectivity index (χ0v) is 16.8. The molecule has 2 rings (SSSR count). The molecule has 1 aromatic rings. The first-order valence-electron chi connectivity index (χ1n) is 9.67. The van der Waals surface area contributed by atoms with Crippen molar-refractivity contribution < 1.29 is 24.4 Å². The molecule has 1 N–H and O–H groups in total. The molecule has 1 aliphatic rings. The van der Waals surface area contributed by atoms with Crippen molar-refractivity contribution in [3.8, 4) is 6.07 Å². The Morgan fingerprint density at radius 1 is 1.30 bits per heavy atom. The predicted octanol–water partition coefficient (Wildman–Crippen LogP) is 3.75. The van der Waals surface area contributed by atoms with Gasteiger partial charge in [-0.1, -0.05) is 32.4 Å². The van der Waals surface area contributed by atoms with Gasteiger partial charge in [-0.05, 0) is 18.4 Å². The number of rotatable bonds is 9. The van der Waals surface area contributed by atoms with Crippen LogP contribution in [-0.4, -0.2) is 34.3 Å². The maximum absolute atomic E-state index is 12.9. The molecule has 0 saturated heterocycles. The second-order valence-corrected chi connectivity index (χ2v) is 6.75. The van der Waals surface area contributed by atoms with Gasteiger partial charge >= 0.3 is 11.9 Å². The number of allylic oxidation sites excluding steroid dienone is 1. The number of carboxylic acid groups (broad SMARTS) is 1. The lowest BCUT2D eigenvalue weighted by molar-refractivity contribution is -0.384. The summed E-state index contributed by atoms with van der Waals surface area (Å²) in [5, 5.41) is 29.6. The van der Waals surface area contributed by atoms with Gasteiger partial charge in [-0.15, -0.1) is 0 Å². The highest BCUT2D eigenvalue weighted by Gasteiger charge is 2.43. The van der Waals surface area contributed by atoms with Crippen LogP contribution in [0.4, 0.5) is 5.69 Å². The van der Waals surface area contributed by atoms with Gasteiger partial charge in [-0.2, -0.15) is 5.26 Å². The fourth-order valence-electron chi connectivity index (χ4n) is 3.53. The van der Waals surface area contributed by atoms with Gasteiger partial charge in [0.05, 0.1) is 28.7 Å². The normalized spacial score (nSPS) is 18.4. The van der Waals surface area contributed by atoms with Crippen molar-refractivity contribution in [2.45, 2.75) is 45.4 Å². The molecule has 0 aliphatic carbocycles. The van der Waals surface area contributed by atoms with Crippen molar-refractivity contribution >= 4 is 23.3 Å². The number of hydrogen-bond acceptors (Lipinski definition) is 7. The lowest BCUT2D eigenvalue weighted by atomic mass is 9.74. The van der Waals surface area contributed by atoms with E-state index in [1.54, 1.807) is 6.92 Å². The summed E-state index contributed by atoms with van der Waals surface area (Å²) in [4.78, 5) is 40.0. The molecule has 0 radical (unpaired) electrons. The number of carboxylic acids is 1. The summed E-state index contributed by atoms with van der Waals surface area (Å²) in [5.41, 5.74) is 1.34. The summed E-state index contributed by atoms with van der Waals surface area (Å²) in [7, 11) is 0. The van der Waals surface area contributed by atoms with Gasteiger partial charge in [-0.25, -0.2) is 4.79 Å². The summed E-state index contributed by atoms with van der Waals surface area (Å²) in [5.74, 6) is -3.86. The maximum atomic E-state index is 12.9. The number of carbonyl (C=O) groups excluding carboxylic acids is 1. The van der Waals surface area contributed by atoms with Crippen LogP contribution in [-0.2, 0) is 14.3 Å². The average molecular weight is 413 g/mol. The Bertz CT molecular complexity index is 927. The minimum absolute atomic E-state index is 0.0101. The number of non-ortho nitro benzene ring substituents is 1. The molecule has 1 aromatic carbocycles. The minimum atomic E-state index is -1.14. The summed E-state index contributed by atoms with van der Waals surface area (Å²) < 4.78 is 5.22. The first kappa shape index (κ1) is 22.7. The molecule has 0 fully saturated rings. The van der Waals surface area contributed by atoms with Gasteiger partial charge in [-0.3, -0.25) is 19.9 Å². The van der Waals surface area contributed by atoms with Crippen molar-refractivity contribution in [2.24, 2.45) is 10.9 Å². The summed E-state index contributed by atoms with van der Waals surface area (Å²) in [6.45, 7) is 3.59. The van der Waals surface area contributed by atoms with E-state index < -0.39 is 28.7 Å². The van der Waals surface area contributed by atoms with Crippen LogP contribution in [0.5, 0.6) is 0 Å². The molecule has 0 saturated carbocycles. The number of ether oxygens (including phenoxy) is 1. The van der Waals surface area contributed by atoms with Crippen molar-refractivity contribution in [1.82, 2.24) is 0 Å². The van der Waals surface area contributed by atoms with Crippen LogP contribution >= 0.6 is 0 Å². The third kappa shape index (κ3) is 4.89. The standard InChI is InChI=1S/C21H23N3O6/c1-3-6-16-19(21(27)30-12-5-11-22)17(18(20(25)26)15(4-2)23-16)13-7-9-14(10-8-13)24(28)29/h7-10,17-18H,3-6,12H2,1-2H3,(H,25,26). The van der Waals surface area contributed by atoms with Gasteiger partial charge in [0.2, 0.25) is 0 Å². The van der Waals surface area contributed by atoms with Gasteiger partial charge < -0.3 is 9.84 Å². The van der Waals surface area contributed by atoms with E-state index in [-0.39, 0.29) is 24.3 Å². The van der Waals surface area contributed by atoms with E-state index in [1.807, 2.05) is 13.0 Å². The van der Waals surface area contributed by atoms with E-state index in [9.17, 15) is 24.8 Å². The molecular weight excluding hydrogens is 390 g/mol. The second kappa shape index (κ2) is 10.3. The molecule has 2 unspecified atom stereocenters. The lowest BCUT2D eigenvalue weighted by Gasteiger charge is -2.32. The van der Waals surface area contributed by atoms with Crippen LogP contribution in [0.3, 0.4) is 0 Å². The highest BCUT2D eigenvalue weighted by Crippen LogP contribution is 2.41. The Morgan fingerprint density at radius 3 is 2.47 bits per heavy atom. The summed E-state index contributed by atoms with van der Waals surface area (Å²) in [6.07, 6.45) is 1.51. The smallest absolute Gasteiger partial charge is 0.336 e. The monoisotopic (exact) mass is 413 g/mol. The predicted molar refractivity (Wildman–Crippen MR) is 108 cm³/mol. The van der Waals surface area contributed by atoms with E-state index >= 15 is 0 Å². The number of carbonyl (C=O) groups is 2. The quantitative estimate of drug-likeness (QED) is 0.281. The molecule has 9 heteroatoms. The topological polar surface area (TPSA) is 143 Å². The van der Waals surface area contributed by atoms with Gasteiger partial charge in [0.1, 0.15) is 12.5 Å². The average Bonchev–Trinajstić information content (AvgIpc) is 2.72. The summed E-state index contributed by atoms with van der Waals surface area (Å²) >= 11 is 0. The molecule has 1 aliphatic heterocycles. The largest absolute Gasteiger partial charge is 0.481 e. The highest BCUT2D eigenvalue weighted by molar-refractivity contribution is 6.07. The van der Waals surface area contributed by atoms with Gasteiger partial charge in [0.15, 0.2) is 0 Å². The number of aliphatic imine (C=N–C) groups is 1. The minimum Gasteiger partial charge on any atom is -0.481 e. The van der Waals surface area contributed by atoms with Crippen molar-refractivity contribution in [2.75, 3.05) is 6.61 Å². The molecule has 1 heterocycles. The molecule has 0 bridgehead atoms. The Kier molecular flexibility index (Phi) is 7.81. The van der Waals surface area contributed by atoms with E-state index in [0.717, 1.165) is 0 Å². The molecule has 0 spiro atoms. The fourth-order valence-corrected chi connectivity index (χ4v) is 3.53. The van der Waals surface area contributed by atoms with E-state index in [4.69, 9.17) is 10.00 Å². The number of nitro benzene ring substituents is 1. The van der Waals surface area contributed by atoms with E-state index in [1.165, 1.54) is 24.3 Å². The van der Waals surface area contributed by atoms with Crippen molar-refractivity contribution in [1.29, 1.82) is 5.26 Å². The lowest BCUT2D eigenvalue weighted by Crippen LogP contribution is -2.36. The number of benzene rings is 1. The maximum Gasteiger partial charge on any atom is 0.336 e. The second-order valence-electron chi connectivity index (χ2n) is 6.75. The molecule has 0 amide bonds. The number of nitrogens with zero attached hydrogens (tertiary/aromatic N) is 3. The van der Waals surface area contributed by atoms with Crippen LogP contribution in [0, 0.1) is 27.4 Å². The number of nitriles is 1. The van der Waals surface area contributed by atoms with E-state index in [0.29, 0.717) is 36.2 Å². The van der Waals surface area contributed by atoms with Crippen LogP contribution in [0.2, 0.25) is 0 Å². The van der Waals surface area contributed by atoms with Crippen LogP contribution < -0.4 is 0 Å². The zero-order chi connectivity index (χ0) is 22.3. The van der Waals surface area contributed by atoms with Crippen LogP contribution in [0.15, 0.2) is 40.5 Å². The number of hydrogen-bond donors (Lipinski definition) is 1. The number of aliphatic carboxylic acids is 1. The molecule has 158 valence electrons. The van der Waals surface area contributed by atoms with Crippen LogP contribution in [0.1, 0.15) is 51.0 Å². The zero-order valence-electron chi connectivity index (χ0n) is 16.8. The van der Waals surface area contributed by atoms with E-state index in [2.05, 4.69) is 4.99 Å². The number of nitro groups is 1. The number of esters is 1. The molecule has 9 nitrogen and oxygen atoms in total. The SMILES string of the molecule is CCCC1=C(C(=O)OCCC#N)C(c2ccc([N+](=O)[O-])cc2)C(C(=O)O)C(CC)=N1. The molecule has 30 heavy (non-hydrogen) atoms. The first-order chi connectivity index (χ1) is 14.3. The molecule has 0 aromatic heterocycles.